The predicted octanol–water partition coefficient (Wildman–Crippen LogP) is -7.00. The maximum Gasteiger partial charge on any atom is 0.336 e. The fourth-order valence-electron chi connectivity index (χ4n) is 22.4. The number of ether oxygens (including phenoxy) is 17. The Morgan fingerprint density at radius 1 is 0.500 bits per heavy atom. The van der Waals surface area contributed by atoms with Gasteiger partial charge in [-0.1, -0.05) is 72.3 Å². The molecule has 13 aliphatic rings. The quantitative estimate of drug-likeness (QED) is 0.0166. The van der Waals surface area contributed by atoms with Crippen LogP contribution in [0.5, 0.6) is 0 Å². The van der Waals surface area contributed by atoms with E-state index >= 15 is 4.79 Å². The van der Waals surface area contributed by atoms with E-state index in [-0.39, 0.29) is 43.1 Å². The first-order valence-electron chi connectivity index (χ1n) is 43.7. The SMILES string of the molecule is C=C[C@@](C)(O)CC/C=C(\CO)C(=O)OC[C@H]1O[C@@H](OC(=O)[C@]23CCC(C)(C)C[C@H]2C2=CC[C@@H]4[C@@]5(C)CC[C@H](O[C@@H]6O[C@H](CO[C@H]7OC[C@H](O)[C@@H](O)[C@@H]7O[C@@H]7OC[C@@H](O)[C@H](O)[C@H]7O)[C@@H](O)[C@H](O)[C@H]6O)C(C)(C)[C@@H]5CC[C@@]4(C)[C@]2(C)C[C@H]3O)[C@H](O[C@@H]2O[C@@H](C)[C@H](O[C@@H]3OC[C@@H](O)[C@H](O[C@@H]4OC[C@@H](O)[C@H](O)[C@H]4O)[C@H]3O)[C@@H](O)[C@H]2O[C@@H]2O[C@H](CO)[C@H](O)[C@H](O)[C@H]2O)[C@@H](O)[C@@H]1O. The molecule has 722 valence electrons. The molecule has 8 heterocycles. The average Bonchev–Trinajstić information content (AvgIpc) is 0.669. The van der Waals surface area contributed by atoms with Gasteiger partial charge in [0.25, 0.3) is 0 Å². The third kappa shape index (κ3) is 19.0. The van der Waals surface area contributed by atoms with Crippen LogP contribution in [0, 0.1) is 50.2 Å². The van der Waals surface area contributed by atoms with Gasteiger partial charge in [-0.15, -0.1) is 6.58 Å². The van der Waals surface area contributed by atoms with Gasteiger partial charge in [0, 0.05) is 0 Å². The predicted molar refractivity (Wildman–Crippen MR) is 418 cm³/mol. The van der Waals surface area contributed by atoms with Crippen LogP contribution in [0.4, 0.5) is 0 Å². The molecule has 13 rings (SSSR count). The molecule has 5 aliphatic carbocycles. The van der Waals surface area contributed by atoms with Gasteiger partial charge in [0.2, 0.25) is 6.29 Å². The van der Waals surface area contributed by atoms with Crippen LogP contribution >= 0.6 is 0 Å². The topological polar surface area (TPSA) is 656 Å². The van der Waals surface area contributed by atoms with Gasteiger partial charge in [-0.3, -0.25) is 4.79 Å². The van der Waals surface area contributed by atoms with E-state index in [0.29, 0.717) is 44.9 Å². The van der Waals surface area contributed by atoms with Crippen molar-refractivity contribution >= 4 is 11.9 Å². The largest absolute Gasteiger partial charge is 0.459 e. The number of hydrogen-bond donors (Lipinski definition) is 23. The molecule has 23 N–H and O–H groups in total. The fourth-order valence-corrected chi connectivity index (χ4v) is 22.4. The molecular formula is C84H134O42. The molecule has 12 fully saturated rings. The van der Waals surface area contributed by atoms with Crippen LogP contribution < -0.4 is 0 Å². The molecule has 42 heteroatoms. The molecule has 0 radical (unpaired) electrons. The molecule has 126 heavy (non-hydrogen) atoms. The summed E-state index contributed by atoms with van der Waals surface area (Å²) in [5.74, 6) is -3.13. The minimum absolute atomic E-state index is 0.00743. The van der Waals surface area contributed by atoms with Crippen molar-refractivity contribution in [3.8, 4) is 0 Å². The van der Waals surface area contributed by atoms with Crippen molar-refractivity contribution in [3.05, 3.63) is 36.0 Å². The van der Waals surface area contributed by atoms with Gasteiger partial charge in [-0.25, -0.2) is 4.79 Å². The first-order chi connectivity index (χ1) is 59.1. The first kappa shape index (κ1) is 100. The Bertz CT molecular complexity index is 3730. The lowest BCUT2D eigenvalue weighted by atomic mass is 9.33. The Kier molecular flexibility index (Phi) is 31.1. The number of carbonyl (C=O) groups excluding carboxylic acids is 2. The summed E-state index contributed by atoms with van der Waals surface area (Å²) in [5.41, 5.74) is -5.66. The van der Waals surface area contributed by atoms with Gasteiger partial charge in [0.15, 0.2) is 50.1 Å². The zero-order valence-corrected chi connectivity index (χ0v) is 72.1. The lowest BCUT2D eigenvalue weighted by molar-refractivity contribution is -0.401. The monoisotopic (exact) mass is 1810 g/mol. The van der Waals surface area contributed by atoms with Crippen molar-refractivity contribution in [2.45, 2.75) is 372 Å². The highest BCUT2D eigenvalue weighted by atomic mass is 16.8. The summed E-state index contributed by atoms with van der Waals surface area (Å²) in [5, 5.41) is 257. The third-order valence-corrected chi connectivity index (χ3v) is 30.4. The van der Waals surface area contributed by atoms with E-state index in [9.17, 15) is 122 Å². The summed E-state index contributed by atoms with van der Waals surface area (Å²) in [6.45, 7) is 15.9. The normalized spacial score (nSPS) is 50.9. The smallest absolute Gasteiger partial charge is 0.336 e. The fraction of sp³-hybridized carbons (Fsp3) is 0.905. The molecule has 0 amide bonds. The van der Waals surface area contributed by atoms with Crippen molar-refractivity contribution in [2.24, 2.45) is 50.2 Å². The highest BCUT2D eigenvalue weighted by molar-refractivity contribution is 5.88. The summed E-state index contributed by atoms with van der Waals surface area (Å²) < 4.78 is 103. The Balaban J connectivity index is 0.766. The number of aliphatic hydroxyl groups is 23. The van der Waals surface area contributed by atoms with Crippen molar-refractivity contribution in [3.63, 3.8) is 0 Å². The van der Waals surface area contributed by atoms with Crippen molar-refractivity contribution in [1.29, 1.82) is 0 Å². The second-order valence-corrected chi connectivity index (χ2v) is 39.2. The standard InChI is InChI=1S/C84H134O42/c1-11-80(7,109)18-12-13-34(25-85)68(107)110-31-42-53(97)56(100)66(125-75-67(124-73-60(104)54(98)51(95)41(26-86)117-73)61(105)63(33(2)116-75)121-71-62(106)64(40(90)30-113-71)122-69-57(101)48(92)37(87)27-111-69)76(119-42)126-77(108)84-22-21-78(3,4)23-36(84)35-14-15-45-81(8)19-17-47(79(5,6)44(81)16-20-82(45,9)83(35,10)24-46(84)91)120-72-59(103)55(99)52(96)43(118-72)32-115-74-65(50(94)39(89)29-114-74)123-70-58(102)49(93)38(88)28-112-70/h11,13-14,33,36-67,69-76,85-106,109H,1,12,15-32H2,2-10H3/b34-13+/t33-,36-,37+,38+,39-,40+,41+,42+,43+,44-,45+,46+,47-,48-,49-,50+,51-,52+,53+,54-,55-,56-,57+,58+,59+,60+,61+,62+,63-,64-,65-,66+,67+,69-,70-,71-,72-,73-,74+,75-,76-,80+,81-,82+,83+,84+/m0/s1. The summed E-state index contributed by atoms with van der Waals surface area (Å²) in [4.78, 5) is 30.3. The van der Waals surface area contributed by atoms with Crippen LogP contribution in [0.2, 0.25) is 0 Å². The minimum Gasteiger partial charge on any atom is -0.459 e. The number of aliphatic hydroxyl groups excluding tert-OH is 22. The van der Waals surface area contributed by atoms with E-state index < -0.39 is 342 Å². The number of carbonyl (C=O) groups is 2. The highest BCUT2D eigenvalue weighted by Crippen LogP contribution is 2.76. The van der Waals surface area contributed by atoms with E-state index in [0.717, 1.165) is 5.57 Å². The molecule has 46 atom stereocenters. The molecular weight excluding hydrogens is 1680 g/mol. The molecule has 0 bridgehead atoms. The lowest BCUT2D eigenvalue weighted by Crippen LogP contribution is -2.69. The average molecular weight is 1820 g/mol. The van der Waals surface area contributed by atoms with Crippen LogP contribution in [-0.2, 0) is 90.1 Å². The summed E-state index contributed by atoms with van der Waals surface area (Å²) in [6.07, 6.45) is -59.6. The van der Waals surface area contributed by atoms with Gasteiger partial charge in [-0.05, 0) is 129 Å². The number of hydrogen-bond acceptors (Lipinski definition) is 42. The van der Waals surface area contributed by atoms with Gasteiger partial charge >= 0.3 is 11.9 Å². The van der Waals surface area contributed by atoms with Crippen LogP contribution in [0.1, 0.15) is 133 Å². The van der Waals surface area contributed by atoms with Crippen molar-refractivity contribution < 1.29 is 208 Å². The van der Waals surface area contributed by atoms with E-state index in [2.05, 4.69) is 61.1 Å². The van der Waals surface area contributed by atoms with Crippen LogP contribution in [0.25, 0.3) is 0 Å². The number of rotatable bonds is 26. The number of fused-ring (bicyclic) bond motifs is 7. The molecule has 4 saturated carbocycles. The van der Waals surface area contributed by atoms with Crippen molar-refractivity contribution in [1.82, 2.24) is 0 Å². The molecule has 0 spiro atoms. The second kappa shape index (κ2) is 39.2. The molecule has 0 aromatic rings. The molecule has 8 aliphatic heterocycles. The summed E-state index contributed by atoms with van der Waals surface area (Å²) in [7, 11) is 0. The minimum atomic E-state index is -2.30. The molecule has 0 aromatic heterocycles. The van der Waals surface area contributed by atoms with Crippen LogP contribution in [-0.4, -0.2) is 421 Å². The Morgan fingerprint density at radius 3 is 1.63 bits per heavy atom. The van der Waals surface area contributed by atoms with Gasteiger partial charge in [0.05, 0.1) is 75.7 Å². The first-order valence-corrected chi connectivity index (χ1v) is 43.7. The highest BCUT2D eigenvalue weighted by Gasteiger charge is 2.73. The summed E-state index contributed by atoms with van der Waals surface area (Å²) in [6, 6.07) is 0. The van der Waals surface area contributed by atoms with Gasteiger partial charge < -0.3 is 198 Å². The van der Waals surface area contributed by atoms with Crippen LogP contribution in [0.15, 0.2) is 36.0 Å². The molecule has 8 saturated heterocycles. The van der Waals surface area contributed by atoms with E-state index in [1.165, 1.54) is 26.0 Å². The Labute approximate surface area is 727 Å². The summed E-state index contributed by atoms with van der Waals surface area (Å²) >= 11 is 0. The van der Waals surface area contributed by atoms with E-state index in [1.807, 2.05) is 0 Å². The van der Waals surface area contributed by atoms with E-state index in [1.54, 1.807) is 0 Å². The molecule has 42 nitrogen and oxygen atoms in total. The lowest BCUT2D eigenvalue weighted by Gasteiger charge is -2.71. The number of allylic oxidation sites excluding steroid dienone is 3. The number of esters is 2. The zero-order valence-electron chi connectivity index (χ0n) is 72.1. The Hall–Kier alpha value is -3.36. The van der Waals surface area contributed by atoms with Crippen LogP contribution in [0.3, 0.4) is 0 Å². The maximum absolute atomic E-state index is 16.4. The van der Waals surface area contributed by atoms with Crippen molar-refractivity contribution in [2.75, 3.05) is 52.9 Å². The third-order valence-electron chi connectivity index (χ3n) is 30.4. The van der Waals surface area contributed by atoms with Gasteiger partial charge in [-0.2, -0.15) is 0 Å². The second-order valence-electron chi connectivity index (χ2n) is 39.2. The Morgan fingerprint density at radius 2 is 1.01 bits per heavy atom. The molecule has 0 aromatic carbocycles. The van der Waals surface area contributed by atoms with Gasteiger partial charge in [0.1, 0.15) is 171 Å². The molecule has 0 unspecified atom stereocenters. The maximum atomic E-state index is 16.4. The van der Waals surface area contributed by atoms with E-state index in [4.69, 9.17) is 80.5 Å². The zero-order chi connectivity index (χ0) is 92.1.